The van der Waals surface area contributed by atoms with Crippen LogP contribution in [0.25, 0.3) is 0 Å². The first-order valence-corrected chi connectivity index (χ1v) is 7.79. The van der Waals surface area contributed by atoms with E-state index in [-0.39, 0.29) is 33.5 Å². The molecule has 0 aromatic heterocycles. The van der Waals surface area contributed by atoms with Gasteiger partial charge in [0, 0.05) is 46.4 Å². The monoisotopic (exact) mass is 278 g/mol. The van der Waals surface area contributed by atoms with Crippen molar-refractivity contribution in [2.75, 3.05) is 0 Å². The highest BCUT2D eigenvalue weighted by molar-refractivity contribution is 5.25. The fourth-order valence-corrected chi connectivity index (χ4v) is 7.60. The van der Waals surface area contributed by atoms with Gasteiger partial charge in [0.15, 0.2) is 0 Å². The molecule has 0 spiro atoms. The number of nitrogens with zero attached hydrogens (tertiary/aromatic N) is 2. The van der Waals surface area contributed by atoms with Crippen LogP contribution in [0.15, 0.2) is 0 Å². The van der Waals surface area contributed by atoms with Gasteiger partial charge in [-0.25, -0.2) is 0 Å². The van der Waals surface area contributed by atoms with Crippen LogP contribution < -0.4 is 0 Å². The minimum atomic E-state index is -0.799. The molecule has 4 unspecified atom stereocenters. The van der Waals surface area contributed by atoms with E-state index in [1.807, 2.05) is 0 Å². The maximum Gasteiger partial charge on any atom is 0.229 e. The lowest BCUT2D eigenvalue weighted by Crippen LogP contribution is -2.81. The molecule has 0 aromatic carbocycles. The van der Waals surface area contributed by atoms with Crippen LogP contribution in [0.5, 0.6) is 0 Å². The highest BCUT2D eigenvalue weighted by atomic mass is 16.6. The van der Waals surface area contributed by atoms with Gasteiger partial charge in [-0.1, -0.05) is 0 Å². The molecule has 7 rings (SSSR count). The molecule has 0 N–H and O–H groups in total. The summed E-state index contributed by atoms with van der Waals surface area (Å²) in [6.45, 7) is 0. The van der Waals surface area contributed by atoms with Gasteiger partial charge in [0.05, 0.1) is 0 Å². The van der Waals surface area contributed by atoms with Crippen molar-refractivity contribution >= 4 is 0 Å². The van der Waals surface area contributed by atoms with Gasteiger partial charge in [-0.3, -0.25) is 20.2 Å². The van der Waals surface area contributed by atoms with Gasteiger partial charge >= 0.3 is 0 Å². The van der Waals surface area contributed by atoms with E-state index in [0.29, 0.717) is 24.7 Å². The predicted molar refractivity (Wildman–Crippen MR) is 68.1 cm³/mol. The highest BCUT2D eigenvalue weighted by Gasteiger charge is 2.84. The summed E-state index contributed by atoms with van der Waals surface area (Å²) in [6.07, 6.45) is 4.88. The first-order valence-electron chi connectivity index (χ1n) is 7.79. The smallest absolute Gasteiger partial charge is 0.229 e. The third-order valence-corrected chi connectivity index (χ3v) is 7.80. The molecule has 108 valence electrons. The van der Waals surface area contributed by atoms with E-state index in [2.05, 4.69) is 0 Å². The molecule has 6 heteroatoms. The van der Waals surface area contributed by atoms with Crippen molar-refractivity contribution in [3.05, 3.63) is 20.2 Å². The van der Waals surface area contributed by atoms with E-state index in [1.165, 1.54) is 0 Å². The maximum atomic E-state index is 11.9. The Balaban J connectivity index is 1.76. The van der Waals surface area contributed by atoms with E-state index < -0.39 is 11.1 Å². The van der Waals surface area contributed by atoms with Crippen molar-refractivity contribution in [3.8, 4) is 0 Å². The summed E-state index contributed by atoms with van der Waals surface area (Å²) >= 11 is 0. The summed E-state index contributed by atoms with van der Waals surface area (Å²) in [5, 5.41) is 23.8. The average molecular weight is 278 g/mol. The summed E-state index contributed by atoms with van der Waals surface area (Å²) in [5.74, 6) is 0.652. The molecule has 20 heavy (non-hydrogen) atoms. The van der Waals surface area contributed by atoms with E-state index in [9.17, 15) is 20.2 Å². The largest absolute Gasteiger partial charge is 0.264 e. The summed E-state index contributed by atoms with van der Waals surface area (Å²) < 4.78 is 0. The minimum Gasteiger partial charge on any atom is -0.264 e. The van der Waals surface area contributed by atoms with Crippen molar-refractivity contribution in [2.45, 2.75) is 49.6 Å². The Hall–Kier alpha value is -1.20. The third kappa shape index (κ3) is 0.886. The Labute approximate surface area is 116 Å². The molecule has 8 bridgehead atoms. The van der Waals surface area contributed by atoms with Crippen molar-refractivity contribution in [1.82, 2.24) is 0 Å². The Bertz CT molecular complexity index is 475. The number of hydrogen-bond donors (Lipinski definition) is 0. The van der Waals surface area contributed by atoms with E-state index >= 15 is 0 Å². The van der Waals surface area contributed by atoms with Gasteiger partial charge in [0.25, 0.3) is 0 Å². The van der Waals surface area contributed by atoms with Crippen LogP contribution in [0.3, 0.4) is 0 Å². The molecule has 7 saturated carbocycles. The fourth-order valence-electron chi connectivity index (χ4n) is 7.60. The Morgan fingerprint density at radius 1 is 0.700 bits per heavy atom. The summed E-state index contributed by atoms with van der Waals surface area (Å²) in [7, 11) is 0. The molecule has 0 aliphatic heterocycles. The lowest BCUT2D eigenvalue weighted by molar-refractivity contribution is -0.676. The molecule has 4 atom stereocenters. The van der Waals surface area contributed by atoms with Crippen LogP contribution in [0.4, 0.5) is 0 Å². The third-order valence-electron chi connectivity index (χ3n) is 7.80. The normalized spacial score (nSPS) is 61.0. The van der Waals surface area contributed by atoms with Crippen molar-refractivity contribution in [2.24, 2.45) is 35.5 Å². The summed E-state index contributed by atoms with van der Waals surface area (Å²) in [5.41, 5.74) is -1.60. The molecule has 0 radical (unpaired) electrons. The molecular weight excluding hydrogens is 260 g/mol. The van der Waals surface area contributed by atoms with Gasteiger partial charge in [-0.05, 0) is 37.5 Å². The number of hydrogen-bond acceptors (Lipinski definition) is 4. The van der Waals surface area contributed by atoms with Gasteiger partial charge in [0.2, 0.25) is 11.1 Å². The zero-order chi connectivity index (χ0) is 13.9. The van der Waals surface area contributed by atoms with Gasteiger partial charge in [-0.15, -0.1) is 0 Å². The molecule has 0 aromatic rings. The van der Waals surface area contributed by atoms with E-state index in [4.69, 9.17) is 0 Å². The zero-order valence-electron chi connectivity index (χ0n) is 11.2. The van der Waals surface area contributed by atoms with Crippen LogP contribution in [0.2, 0.25) is 0 Å². The minimum absolute atomic E-state index is 0.0148. The van der Waals surface area contributed by atoms with Crippen LogP contribution in [0, 0.1) is 55.7 Å². The average Bonchev–Trinajstić information content (AvgIpc) is 2.43. The zero-order valence-corrected chi connectivity index (χ0v) is 11.2. The molecule has 6 nitrogen and oxygen atoms in total. The molecule has 0 amide bonds. The Kier molecular flexibility index (Phi) is 1.73. The predicted octanol–water partition coefficient (Wildman–Crippen LogP) is 2.12. The first kappa shape index (κ1) is 11.5. The number of nitro groups is 2. The van der Waals surface area contributed by atoms with Crippen molar-refractivity contribution in [1.29, 1.82) is 0 Å². The second-order valence-electron chi connectivity index (χ2n) is 8.01. The lowest BCUT2D eigenvalue weighted by atomic mass is 9.31. The summed E-state index contributed by atoms with van der Waals surface area (Å²) in [6, 6.07) is 0. The molecule has 7 aliphatic carbocycles. The van der Waals surface area contributed by atoms with Gasteiger partial charge in [0.1, 0.15) is 0 Å². The highest BCUT2D eigenvalue weighted by Crippen LogP contribution is 2.75. The molecule has 7 fully saturated rings. The summed E-state index contributed by atoms with van der Waals surface area (Å²) in [4.78, 5) is 23.8. The first-order chi connectivity index (χ1) is 9.50. The van der Waals surface area contributed by atoms with Crippen molar-refractivity contribution in [3.63, 3.8) is 0 Å². The fraction of sp³-hybridized carbons (Fsp3) is 1.00. The van der Waals surface area contributed by atoms with E-state index in [1.54, 1.807) is 0 Å². The van der Waals surface area contributed by atoms with Crippen LogP contribution >= 0.6 is 0 Å². The quantitative estimate of drug-likeness (QED) is 0.572. The van der Waals surface area contributed by atoms with Gasteiger partial charge < -0.3 is 0 Å². The van der Waals surface area contributed by atoms with Crippen LogP contribution in [0.1, 0.15) is 38.5 Å². The standard InChI is InChI=1S/C14H18N2O4/c17-15(18)13-6-8-3-10-9(13)1-7-2-11(13)12(4-8)14(10,5-7)16(19)20/h7-12H,1-6H2. The molecular formula is C14H18N2O4. The van der Waals surface area contributed by atoms with Crippen LogP contribution in [-0.2, 0) is 0 Å². The van der Waals surface area contributed by atoms with Crippen molar-refractivity contribution < 1.29 is 9.85 Å². The molecule has 7 aliphatic rings. The topological polar surface area (TPSA) is 86.3 Å². The van der Waals surface area contributed by atoms with Gasteiger partial charge in [-0.2, -0.15) is 0 Å². The SMILES string of the molecule is O=[N+]([O-])C12CC3CC4C1CC1CC2C(C3)C4([N+](=O)[O-])C1. The Morgan fingerprint density at radius 2 is 1.00 bits per heavy atom. The Morgan fingerprint density at radius 3 is 1.25 bits per heavy atom. The van der Waals surface area contributed by atoms with E-state index in [0.717, 1.165) is 25.7 Å². The lowest BCUT2D eigenvalue weighted by Gasteiger charge is -2.70. The molecule has 0 saturated heterocycles. The maximum absolute atomic E-state index is 11.9. The van der Waals surface area contributed by atoms with Crippen LogP contribution in [-0.4, -0.2) is 20.9 Å². The molecule has 0 heterocycles. The second-order valence-corrected chi connectivity index (χ2v) is 8.01. The number of rotatable bonds is 2. The second kappa shape index (κ2) is 3.02.